The molecule has 1 aliphatic rings. The van der Waals surface area contributed by atoms with Crippen LogP contribution in [0.15, 0.2) is 33.9 Å². The molecule has 9 nitrogen and oxygen atoms in total. The maximum Gasteiger partial charge on any atom is 0.331 e. The molecule has 4 heterocycles. The number of imidazole rings is 1. The standard InChI is InChI=1S/C25H29N5O4S/c1-14(2)11-30-24-21(22(32)27(4)25(30)34)20(23(33)28-10-9-16(31)12-28)19(35-24)13-29-15(3)26-17-7-5-6-8-18(17)29/h5-8,14,16,31H,9-13H2,1-4H3/t16-/m1/s1. The van der Waals surface area contributed by atoms with Crippen LogP contribution in [0.5, 0.6) is 0 Å². The molecule has 4 aromatic rings. The third-order valence-electron chi connectivity index (χ3n) is 6.60. The molecule has 0 radical (unpaired) electrons. The number of aryl methyl sites for hydroxylation is 1. The van der Waals surface area contributed by atoms with Gasteiger partial charge in [0.1, 0.15) is 10.7 Å². The number of nitrogens with zero attached hydrogens (tertiary/aromatic N) is 5. The third kappa shape index (κ3) is 3.90. The number of carbonyl (C=O) groups excluding carboxylic acids is 1. The van der Waals surface area contributed by atoms with Crippen LogP contribution in [-0.2, 0) is 20.1 Å². The first-order valence-electron chi connectivity index (χ1n) is 11.8. The van der Waals surface area contributed by atoms with Crippen LogP contribution in [-0.4, -0.2) is 53.8 Å². The Hall–Kier alpha value is -3.24. The fourth-order valence-electron chi connectivity index (χ4n) is 4.86. The zero-order valence-corrected chi connectivity index (χ0v) is 21.1. The van der Waals surface area contributed by atoms with Crippen molar-refractivity contribution >= 4 is 38.5 Å². The maximum atomic E-state index is 13.8. The molecule has 1 aromatic carbocycles. The monoisotopic (exact) mass is 495 g/mol. The van der Waals surface area contributed by atoms with E-state index in [2.05, 4.69) is 4.98 Å². The number of likely N-dealkylation sites (tertiary alicyclic amines) is 1. The molecule has 1 aliphatic heterocycles. The maximum absolute atomic E-state index is 13.8. The van der Waals surface area contributed by atoms with Gasteiger partial charge in [0, 0.05) is 31.6 Å². The smallest absolute Gasteiger partial charge is 0.331 e. The molecule has 35 heavy (non-hydrogen) atoms. The van der Waals surface area contributed by atoms with Crippen molar-refractivity contribution in [2.75, 3.05) is 13.1 Å². The van der Waals surface area contributed by atoms with E-state index in [1.54, 1.807) is 9.47 Å². The van der Waals surface area contributed by atoms with Crippen molar-refractivity contribution in [1.29, 1.82) is 0 Å². The minimum atomic E-state index is -0.575. The molecule has 1 saturated heterocycles. The van der Waals surface area contributed by atoms with Crippen LogP contribution in [0.3, 0.4) is 0 Å². The molecule has 0 bridgehead atoms. The van der Waals surface area contributed by atoms with Gasteiger partial charge in [-0.05, 0) is 31.4 Å². The van der Waals surface area contributed by atoms with E-state index in [1.807, 2.05) is 49.6 Å². The van der Waals surface area contributed by atoms with Crippen LogP contribution in [0.25, 0.3) is 21.3 Å². The highest BCUT2D eigenvalue weighted by atomic mass is 32.1. The van der Waals surface area contributed by atoms with E-state index in [-0.39, 0.29) is 29.4 Å². The second-order valence-corrected chi connectivity index (χ2v) is 10.7. The van der Waals surface area contributed by atoms with E-state index in [0.29, 0.717) is 41.3 Å². The van der Waals surface area contributed by atoms with Crippen molar-refractivity contribution in [1.82, 2.24) is 23.6 Å². The Kier molecular flexibility index (Phi) is 5.88. The summed E-state index contributed by atoms with van der Waals surface area (Å²) in [6.07, 6.45) is -0.0705. The number of benzene rings is 1. The summed E-state index contributed by atoms with van der Waals surface area (Å²) in [6.45, 7) is 7.38. The lowest BCUT2D eigenvalue weighted by atomic mass is 10.1. The van der Waals surface area contributed by atoms with Gasteiger partial charge in [0.05, 0.1) is 34.6 Å². The molecule has 0 spiro atoms. The highest BCUT2D eigenvalue weighted by molar-refractivity contribution is 7.19. The highest BCUT2D eigenvalue weighted by Gasteiger charge is 2.32. The molecule has 0 saturated carbocycles. The number of aromatic nitrogens is 4. The highest BCUT2D eigenvalue weighted by Crippen LogP contribution is 2.33. The van der Waals surface area contributed by atoms with Crippen LogP contribution in [0.1, 0.15) is 41.3 Å². The quantitative estimate of drug-likeness (QED) is 0.458. The number of fused-ring (bicyclic) bond motifs is 2. The molecule has 1 fully saturated rings. The number of para-hydroxylation sites is 2. The van der Waals surface area contributed by atoms with Gasteiger partial charge in [-0.2, -0.15) is 0 Å². The molecular formula is C25H29N5O4S. The third-order valence-corrected chi connectivity index (χ3v) is 7.80. The topological polar surface area (TPSA) is 102 Å². The number of hydrogen-bond donors (Lipinski definition) is 1. The number of aliphatic hydroxyl groups is 1. The van der Waals surface area contributed by atoms with Crippen molar-refractivity contribution in [3.8, 4) is 0 Å². The number of carbonyl (C=O) groups is 1. The Labute approximate surface area is 205 Å². The first-order valence-corrected chi connectivity index (χ1v) is 12.6. The molecule has 1 amide bonds. The largest absolute Gasteiger partial charge is 0.391 e. The minimum absolute atomic E-state index is 0.173. The Bertz CT molecular complexity index is 1570. The molecule has 5 rings (SSSR count). The van der Waals surface area contributed by atoms with E-state index < -0.39 is 11.7 Å². The molecule has 0 unspecified atom stereocenters. The average Bonchev–Trinajstić information content (AvgIpc) is 3.50. The van der Waals surface area contributed by atoms with E-state index in [9.17, 15) is 19.5 Å². The number of aliphatic hydroxyl groups excluding tert-OH is 1. The molecular weight excluding hydrogens is 466 g/mol. The number of hydrogen-bond acceptors (Lipinski definition) is 6. The summed E-state index contributed by atoms with van der Waals surface area (Å²) in [4.78, 5) is 47.8. The second-order valence-electron chi connectivity index (χ2n) is 9.66. The first-order chi connectivity index (χ1) is 16.7. The van der Waals surface area contributed by atoms with Gasteiger partial charge < -0.3 is 14.6 Å². The van der Waals surface area contributed by atoms with Crippen LogP contribution in [0.2, 0.25) is 0 Å². The van der Waals surface area contributed by atoms with Gasteiger partial charge >= 0.3 is 5.69 Å². The average molecular weight is 496 g/mol. The fourth-order valence-corrected chi connectivity index (χ4v) is 6.14. The van der Waals surface area contributed by atoms with E-state index in [1.165, 1.54) is 18.4 Å². The predicted molar refractivity (Wildman–Crippen MR) is 136 cm³/mol. The van der Waals surface area contributed by atoms with Gasteiger partial charge in [0.15, 0.2) is 0 Å². The minimum Gasteiger partial charge on any atom is -0.391 e. The lowest BCUT2D eigenvalue weighted by Crippen LogP contribution is -2.39. The van der Waals surface area contributed by atoms with Crippen molar-refractivity contribution in [3.05, 3.63) is 61.4 Å². The van der Waals surface area contributed by atoms with E-state index in [0.717, 1.165) is 21.4 Å². The summed E-state index contributed by atoms with van der Waals surface area (Å²) in [5, 5.41) is 10.3. The molecule has 1 atom stereocenters. The normalized spacial score (nSPS) is 16.3. The van der Waals surface area contributed by atoms with Gasteiger partial charge in [-0.1, -0.05) is 26.0 Å². The van der Waals surface area contributed by atoms with E-state index in [4.69, 9.17) is 0 Å². The Morgan fingerprint density at radius 1 is 1.23 bits per heavy atom. The zero-order chi connectivity index (χ0) is 25.0. The number of rotatable bonds is 5. The Balaban J connectivity index is 1.78. The Morgan fingerprint density at radius 3 is 2.66 bits per heavy atom. The molecule has 10 heteroatoms. The number of amides is 1. The zero-order valence-electron chi connectivity index (χ0n) is 20.3. The summed E-state index contributed by atoms with van der Waals surface area (Å²) in [5.41, 5.74) is 1.26. The van der Waals surface area contributed by atoms with Gasteiger partial charge in [-0.3, -0.25) is 18.7 Å². The lowest BCUT2D eigenvalue weighted by molar-refractivity contribution is 0.0766. The summed E-state index contributed by atoms with van der Waals surface area (Å²) in [7, 11) is 1.46. The Morgan fingerprint density at radius 2 is 1.97 bits per heavy atom. The van der Waals surface area contributed by atoms with E-state index >= 15 is 0 Å². The lowest BCUT2D eigenvalue weighted by Gasteiger charge is -2.17. The van der Waals surface area contributed by atoms with Crippen molar-refractivity contribution in [3.63, 3.8) is 0 Å². The second kappa shape index (κ2) is 8.76. The van der Waals surface area contributed by atoms with Gasteiger partial charge in [0.2, 0.25) is 0 Å². The van der Waals surface area contributed by atoms with Gasteiger partial charge in [-0.15, -0.1) is 11.3 Å². The van der Waals surface area contributed by atoms with Gasteiger partial charge in [0.25, 0.3) is 11.5 Å². The van der Waals surface area contributed by atoms with Crippen molar-refractivity contribution in [2.45, 2.75) is 46.4 Å². The van der Waals surface area contributed by atoms with Crippen LogP contribution >= 0.6 is 11.3 Å². The van der Waals surface area contributed by atoms with Crippen LogP contribution in [0, 0.1) is 12.8 Å². The van der Waals surface area contributed by atoms with Crippen molar-refractivity contribution < 1.29 is 9.90 Å². The molecule has 3 aromatic heterocycles. The molecule has 184 valence electrons. The summed E-state index contributed by atoms with van der Waals surface area (Å²) >= 11 is 1.32. The number of β-amino-alcohol motifs (C(OH)–C–C–N with tert-alkyl or cyclic N) is 1. The number of thiophene rings is 1. The first kappa shape index (κ1) is 23.5. The SMILES string of the molecule is Cc1nc2ccccc2n1Cc1sc2c(c1C(=O)N1CC[C@@H](O)C1)c(=O)n(C)c(=O)n2CC(C)C. The molecule has 0 aliphatic carbocycles. The van der Waals surface area contributed by atoms with Crippen LogP contribution < -0.4 is 11.2 Å². The fraction of sp³-hybridized carbons (Fsp3) is 0.440. The predicted octanol–water partition coefficient (Wildman–Crippen LogP) is 2.33. The van der Waals surface area contributed by atoms with Crippen molar-refractivity contribution in [2.24, 2.45) is 13.0 Å². The van der Waals surface area contributed by atoms with Crippen LogP contribution in [0.4, 0.5) is 0 Å². The summed E-state index contributed by atoms with van der Waals surface area (Å²) in [5.74, 6) is 0.689. The summed E-state index contributed by atoms with van der Waals surface area (Å²) < 4.78 is 4.74. The molecule has 1 N–H and O–H groups in total. The summed E-state index contributed by atoms with van der Waals surface area (Å²) in [6, 6.07) is 7.80. The van der Waals surface area contributed by atoms with Gasteiger partial charge in [-0.25, -0.2) is 9.78 Å².